The molecule has 0 atom stereocenters. The van der Waals surface area contributed by atoms with E-state index in [-0.39, 0.29) is 5.69 Å². The van der Waals surface area contributed by atoms with E-state index in [4.69, 9.17) is 10.5 Å². The van der Waals surface area contributed by atoms with Gasteiger partial charge >= 0.3 is 0 Å². The number of carbonyl (C=O) groups excluding carboxylic acids is 2. The third-order valence-electron chi connectivity index (χ3n) is 2.65. The predicted octanol–water partition coefficient (Wildman–Crippen LogP) is 1.54. The average Bonchev–Trinajstić information content (AvgIpc) is 2.90. The van der Waals surface area contributed by atoms with E-state index in [2.05, 4.69) is 15.6 Å². The van der Waals surface area contributed by atoms with Crippen LogP contribution in [0.5, 0.6) is 5.75 Å². The molecule has 0 spiro atoms. The fraction of sp³-hybridized carbons (Fsp3) is 0.154. The van der Waals surface area contributed by atoms with Gasteiger partial charge in [-0.2, -0.15) is 0 Å². The molecule has 0 aliphatic heterocycles. The number of hydrogen-bond donors (Lipinski definition) is 3. The molecule has 0 saturated heterocycles. The summed E-state index contributed by atoms with van der Waals surface area (Å²) in [5.74, 6) is -0.668. The summed E-state index contributed by atoms with van der Waals surface area (Å²) in [5.41, 5.74) is 5.63. The normalized spacial score (nSPS) is 10.0. The van der Waals surface area contributed by atoms with Gasteiger partial charge in [0.15, 0.2) is 10.8 Å². The maximum Gasteiger partial charge on any atom is 0.270 e. The molecule has 1 heterocycles. The van der Waals surface area contributed by atoms with Gasteiger partial charge in [0.2, 0.25) is 0 Å². The van der Waals surface area contributed by atoms with Crippen molar-refractivity contribution in [2.24, 2.45) is 5.73 Å². The van der Waals surface area contributed by atoms with Crippen molar-refractivity contribution in [3.63, 3.8) is 0 Å². The maximum atomic E-state index is 12.3. The summed E-state index contributed by atoms with van der Waals surface area (Å²) >= 11 is 1.13. The number of amides is 2. The molecule has 110 valence electrons. The van der Waals surface area contributed by atoms with Gasteiger partial charge in [-0.1, -0.05) is 23.5 Å². The molecule has 0 unspecified atom stereocenters. The molecular formula is C13H14N4O3S. The molecule has 4 N–H and O–H groups in total. The zero-order valence-corrected chi connectivity index (χ0v) is 12.3. The lowest BCUT2D eigenvalue weighted by atomic mass is 10.2. The van der Waals surface area contributed by atoms with Crippen LogP contribution in [0.3, 0.4) is 0 Å². The highest BCUT2D eigenvalue weighted by Gasteiger charge is 2.19. The Morgan fingerprint density at radius 2 is 2.05 bits per heavy atom. The summed E-state index contributed by atoms with van der Waals surface area (Å²) in [6.07, 6.45) is 0. The van der Waals surface area contributed by atoms with E-state index in [9.17, 15) is 9.59 Å². The number of para-hydroxylation sites is 1. The second-order valence-corrected chi connectivity index (χ2v) is 4.96. The second kappa shape index (κ2) is 6.23. The number of thiazole rings is 1. The van der Waals surface area contributed by atoms with E-state index in [1.165, 1.54) is 7.11 Å². The molecule has 0 fully saturated rings. The monoisotopic (exact) mass is 306 g/mol. The van der Waals surface area contributed by atoms with Crippen LogP contribution in [0.1, 0.15) is 20.8 Å². The van der Waals surface area contributed by atoms with Gasteiger partial charge in [-0.15, -0.1) is 0 Å². The molecule has 1 aromatic heterocycles. The van der Waals surface area contributed by atoms with Crippen molar-refractivity contribution in [3.8, 4) is 5.75 Å². The van der Waals surface area contributed by atoms with E-state index in [0.29, 0.717) is 21.4 Å². The molecule has 0 saturated carbocycles. The van der Waals surface area contributed by atoms with Crippen molar-refractivity contribution >= 4 is 33.3 Å². The number of methoxy groups -OCH3 is 1. The Hall–Kier alpha value is -2.61. The van der Waals surface area contributed by atoms with E-state index < -0.39 is 11.8 Å². The van der Waals surface area contributed by atoms with Crippen LogP contribution in [0.25, 0.3) is 0 Å². The van der Waals surface area contributed by atoms with Gasteiger partial charge in [-0.25, -0.2) is 4.98 Å². The molecule has 0 aliphatic carbocycles. The van der Waals surface area contributed by atoms with Crippen LogP contribution < -0.4 is 21.1 Å². The first-order valence-electron chi connectivity index (χ1n) is 5.99. The molecule has 2 amide bonds. The van der Waals surface area contributed by atoms with E-state index in [1.807, 2.05) is 0 Å². The van der Waals surface area contributed by atoms with Crippen LogP contribution in [0.2, 0.25) is 0 Å². The summed E-state index contributed by atoms with van der Waals surface area (Å²) in [4.78, 5) is 27.6. The number of ether oxygens (including phenoxy) is 1. The van der Waals surface area contributed by atoms with Crippen LogP contribution in [0.4, 0.5) is 10.1 Å². The van der Waals surface area contributed by atoms with E-state index >= 15 is 0 Å². The van der Waals surface area contributed by atoms with Crippen molar-refractivity contribution in [3.05, 3.63) is 35.5 Å². The van der Waals surface area contributed by atoms with Gasteiger partial charge in [0.25, 0.3) is 11.8 Å². The number of anilines is 2. The minimum absolute atomic E-state index is 0.0209. The molecule has 0 radical (unpaired) electrons. The van der Waals surface area contributed by atoms with Crippen molar-refractivity contribution < 1.29 is 14.3 Å². The van der Waals surface area contributed by atoms with E-state index in [0.717, 1.165) is 11.3 Å². The zero-order chi connectivity index (χ0) is 15.4. The summed E-state index contributed by atoms with van der Waals surface area (Å²) in [6.45, 7) is 0. The lowest BCUT2D eigenvalue weighted by molar-refractivity contribution is 0.0997. The Labute approximate surface area is 125 Å². The van der Waals surface area contributed by atoms with Crippen LogP contribution in [-0.2, 0) is 0 Å². The van der Waals surface area contributed by atoms with Crippen molar-refractivity contribution in [2.45, 2.75) is 0 Å². The molecule has 0 bridgehead atoms. The summed E-state index contributed by atoms with van der Waals surface area (Å²) in [5, 5.41) is 6.22. The number of aromatic nitrogens is 1. The number of nitrogens with one attached hydrogen (secondary N) is 2. The Bertz CT molecular complexity index is 684. The summed E-state index contributed by atoms with van der Waals surface area (Å²) in [7, 11) is 3.14. The Morgan fingerprint density at radius 1 is 1.33 bits per heavy atom. The van der Waals surface area contributed by atoms with Crippen molar-refractivity contribution in [1.82, 2.24) is 4.98 Å². The molecule has 7 nitrogen and oxygen atoms in total. The second-order valence-electron chi connectivity index (χ2n) is 3.97. The number of nitrogens with zero attached hydrogens (tertiary/aromatic N) is 1. The number of carbonyl (C=O) groups is 2. The molecule has 21 heavy (non-hydrogen) atoms. The van der Waals surface area contributed by atoms with Crippen LogP contribution in [0, 0.1) is 0 Å². The van der Waals surface area contributed by atoms with Gasteiger partial charge in [0.1, 0.15) is 10.8 Å². The van der Waals surface area contributed by atoms with E-state index in [1.54, 1.807) is 31.3 Å². The van der Waals surface area contributed by atoms with Gasteiger partial charge in [0.05, 0.1) is 12.7 Å². The predicted molar refractivity (Wildman–Crippen MR) is 81.1 cm³/mol. The van der Waals surface area contributed by atoms with Gasteiger partial charge in [0, 0.05) is 7.05 Å². The van der Waals surface area contributed by atoms with Crippen molar-refractivity contribution in [1.29, 1.82) is 0 Å². The van der Waals surface area contributed by atoms with Crippen LogP contribution in [-0.4, -0.2) is 31.0 Å². The maximum absolute atomic E-state index is 12.3. The molecular weight excluding hydrogens is 292 g/mol. The average molecular weight is 306 g/mol. The fourth-order valence-electron chi connectivity index (χ4n) is 1.68. The Kier molecular flexibility index (Phi) is 4.39. The molecule has 2 rings (SSSR count). The Morgan fingerprint density at radius 3 is 2.67 bits per heavy atom. The molecule has 1 aromatic carbocycles. The van der Waals surface area contributed by atoms with Crippen LogP contribution >= 0.6 is 11.3 Å². The first-order valence-corrected chi connectivity index (χ1v) is 6.81. The number of rotatable bonds is 5. The van der Waals surface area contributed by atoms with Crippen molar-refractivity contribution in [2.75, 3.05) is 24.8 Å². The highest BCUT2D eigenvalue weighted by atomic mass is 32.1. The van der Waals surface area contributed by atoms with Crippen LogP contribution in [0.15, 0.2) is 24.3 Å². The SMILES string of the molecule is CNc1nc(C(N)=O)c(NC(=O)c2ccccc2OC)s1. The topological polar surface area (TPSA) is 106 Å². The number of primary amides is 1. The standard InChI is InChI=1S/C13H14N4O3S/c1-15-13-16-9(10(14)18)12(21-13)17-11(19)7-5-3-4-6-8(7)20-2/h3-6H,1-2H3,(H2,14,18)(H,15,16)(H,17,19). The number of hydrogen-bond acceptors (Lipinski definition) is 6. The lowest BCUT2D eigenvalue weighted by Crippen LogP contribution is -2.18. The minimum atomic E-state index is -0.705. The van der Waals surface area contributed by atoms with Gasteiger partial charge < -0.3 is 21.1 Å². The largest absolute Gasteiger partial charge is 0.496 e. The number of benzene rings is 1. The van der Waals surface area contributed by atoms with Gasteiger partial charge in [-0.05, 0) is 12.1 Å². The third-order valence-corrected chi connectivity index (χ3v) is 3.64. The summed E-state index contributed by atoms with van der Waals surface area (Å²) in [6, 6.07) is 6.78. The minimum Gasteiger partial charge on any atom is -0.496 e. The highest BCUT2D eigenvalue weighted by molar-refractivity contribution is 7.20. The Balaban J connectivity index is 2.31. The fourth-order valence-corrected chi connectivity index (χ4v) is 2.50. The smallest absolute Gasteiger partial charge is 0.270 e. The zero-order valence-electron chi connectivity index (χ0n) is 11.5. The first kappa shape index (κ1) is 14.8. The highest BCUT2D eigenvalue weighted by Crippen LogP contribution is 2.29. The summed E-state index contributed by atoms with van der Waals surface area (Å²) < 4.78 is 5.13. The van der Waals surface area contributed by atoms with Gasteiger partial charge in [-0.3, -0.25) is 9.59 Å². The number of nitrogens with two attached hydrogens (primary N) is 1. The molecule has 8 heteroatoms. The molecule has 2 aromatic rings. The molecule has 0 aliphatic rings. The lowest BCUT2D eigenvalue weighted by Gasteiger charge is -2.08. The first-order chi connectivity index (χ1) is 10.1. The quantitative estimate of drug-likeness (QED) is 0.777. The third kappa shape index (κ3) is 3.11.